The van der Waals surface area contributed by atoms with E-state index in [4.69, 9.17) is 5.73 Å². The highest BCUT2D eigenvalue weighted by Gasteiger charge is 2.11. The molecule has 0 bridgehead atoms. The summed E-state index contributed by atoms with van der Waals surface area (Å²) in [5.74, 6) is 0.816. The summed E-state index contributed by atoms with van der Waals surface area (Å²) >= 11 is 0. The van der Waals surface area contributed by atoms with Crippen molar-refractivity contribution in [2.24, 2.45) is 0 Å². The van der Waals surface area contributed by atoms with Gasteiger partial charge in [-0.1, -0.05) is 19.4 Å². The van der Waals surface area contributed by atoms with E-state index in [2.05, 4.69) is 17.2 Å². The van der Waals surface area contributed by atoms with E-state index in [1.807, 2.05) is 29.7 Å². The van der Waals surface area contributed by atoms with Gasteiger partial charge in [-0.25, -0.2) is 4.98 Å². The van der Waals surface area contributed by atoms with Gasteiger partial charge >= 0.3 is 0 Å². The molecule has 5 nitrogen and oxygen atoms in total. The first kappa shape index (κ1) is 13.4. The minimum Gasteiger partial charge on any atom is -0.397 e. The first-order valence-electron chi connectivity index (χ1n) is 6.61. The molecule has 1 heterocycles. The molecule has 0 fully saturated rings. The molecule has 1 aromatic heterocycles. The van der Waals surface area contributed by atoms with Crippen LogP contribution in [-0.2, 0) is 11.3 Å². The summed E-state index contributed by atoms with van der Waals surface area (Å²) in [6.45, 7) is 5.00. The highest BCUT2D eigenvalue weighted by atomic mass is 16.1. The molecule has 0 unspecified atom stereocenters. The SMILES string of the molecule is CCCCNC(=O)Cn1c(C)nc2c(N)cccc21. The Kier molecular flexibility index (Phi) is 4.04. The van der Waals surface area contributed by atoms with Crippen molar-refractivity contribution in [2.45, 2.75) is 33.2 Å². The third-order valence-corrected chi connectivity index (χ3v) is 3.16. The lowest BCUT2D eigenvalue weighted by atomic mass is 10.2. The topological polar surface area (TPSA) is 72.9 Å². The Hall–Kier alpha value is -2.04. The van der Waals surface area contributed by atoms with Gasteiger partial charge in [-0.15, -0.1) is 0 Å². The van der Waals surface area contributed by atoms with Gasteiger partial charge in [-0.2, -0.15) is 0 Å². The van der Waals surface area contributed by atoms with E-state index in [9.17, 15) is 4.79 Å². The summed E-state index contributed by atoms with van der Waals surface area (Å²) in [5.41, 5.74) is 8.21. The fourth-order valence-corrected chi connectivity index (χ4v) is 2.09. The first-order valence-corrected chi connectivity index (χ1v) is 6.61. The molecule has 2 rings (SSSR count). The number of nitrogen functional groups attached to an aromatic ring is 1. The number of carbonyl (C=O) groups excluding carboxylic acids is 1. The smallest absolute Gasteiger partial charge is 0.240 e. The standard InChI is InChI=1S/C14H20N4O/c1-3-4-8-16-13(19)9-18-10(2)17-14-11(15)6-5-7-12(14)18/h5-7H,3-4,8-9,15H2,1-2H3,(H,16,19). The predicted molar refractivity (Wildman–Crippen MR) is 76.8 cm³/mol. The summed E-state index contributed by atoms with van der Waals surface area (Å²) < 4.78 is 1.90. The molecule has 0 spiro atoms. The average Bonchev–Trinajstić information content (AvgIpc) is 2.69. The Morgan fingerprint density at radius 1 is 1.47 bits per heavy atom. The van der Waals surface area contributed by atoms with E-state index in [0.717, 1.165) is 36.2 Å². The minimum atomic E-state index is 0.0123. The number of nitrogens with two attached hydrogens (primary N) is 1. The zero-order chi connectivity index (χ0) is 13.8. The maximum atomic E-state index is 11.9. The number of benzene rings is 1. The highest BCUT2D eigenvalue weighted by Crippen LogP contribution is 2.21. The van der Waals surface area contributed by atoms with Crippen LogP contribution >= 0.6 is 0 Å². The number of hydrogen-bond donors (Lipinski definition) is 2. The number of rotatable bonds is 5. The van der Waals surface area contributed by atoms with Crippen molar-refractivity contribution in [2.75, 3.05) is 12.3 Å². The molecule has 5 heteroatoms. The van der Waals surface area contributed by atoms with Gasteiger partial charge in [0.25, 0.3) is 0 Å². The van der Waals surface area contributed by atoms with Crippen LogP contribution in [0.25, 0.3) is 11.0 Å². The van der Waals surface area contributed by atoms with Crippen molar-refractivity contribution in [1.29, 1.82) is 0 Å². The molecule has 3 N–H and O–H groups in total. The van der Waals surface area contributed by atoms with E-state index in [-0.39, 0.29) is 12.5 Å². The number of nitrogens with one attached hydrogen (secondary N) is 1. The summed E-state index contributed by atoms with van der Waals surface area (Å²) in [6.07, 6.45) is 2.08. The van der Waals surface area contributed by atoms with Gasteiger partial charge < -0.3 is 15.6 Å². The zero-order valence-corrected chi connectivity index (χ0v) is 11.4. The summed E-state index contributed by atoms with van der Waals surface area (Å²) in [4.78, 5) is 16.3. The number of hydrogen-bond acceptors (Lipinski definition) is 3. The number of carbonyl (C=O) groups is 1. The van der Waals surface area contributed by atoms with Crippen LogP contribution in [0.15, 0.2) is 18.2 Å². The van der Waals surface area contributed by atoms with Gasteiger partial charge in [0.05, 0.1) is 11.2 Å². The number of nitrogens with zero attached hydrogens (tertiary/aromatic N) is 2. The number of para-hydroxylation sites is 1. The van der Waals surface area contributed by atoms with Gasteiger partial charge in [0.1, 0.15) is 17.9 Å². The van der Waals surface area contributed by atoms with Crippen LogP contribution in [0.3, 0.4) is 0 Å². The summed E-state index contributed by atoms with van der Waals surface area (Å²) in [7, 11) is 0. The van der Waals surface area contributed by atoms with Crippen LogP contribution in [0.4, 0.5) is 5.69 Å². The van der Waals surface area contributed by atoms with E-state index < -0.39 is 0 Å². The maximum Gasteiger partial charge on any atom is 0.240 e. The van der Waals surface area contributed by atoms with Crippen LogP contribution in [0.1, 0.15) is 25.6 Å². The molecule has 0 radical (unpaired) electrons. The number of aromatic nitrogens is 2. The molecule has 1 amide bonds. The highest BCUT2D eigenvalue weighted by molar-refractivity contribution is 5.88. The molecule has 0 aliphatic rings. The zero-order valence-electron chi connectivity index (χ0n) is 11.4. The van der Waals surface area contributed by atoms with Gasteiger partial charge in [0.2, 0.25) is 5.91 Å². The minimum absolute atomic E-state index is 0.0123. The van der Waals surface area contributed by atoms with Gasteiger partial charge in [-0.05, 0) is 25.5 Å². The third-order valence-electron chi connectivity index (χ3n) is 3.16. The molecule has 0 aliphatic heterocycles. The van der Waals surface area contributed by atoms with E-state index in [0.29, 0.717) is 5.69 Å². The van der Waals surface area contributed by atoms with Crippen molar-refractivity contribution in [3.05, 3.63) is 24.0 Å². The third kappa shape index (κ3) is 2.86. The molecule has 19 heavy (non-hydrogen) atoms. The maximum absolute atomic E-state index is 11.9. The Morgan fingerprint density at radius 3 is 3.00 bits per heavy atom. The molecule has 1 aromatic carbocycles. The van der Waals surface area contributed by atoms with Crippen LogP contribution in [0, 0.1) is 6.92 Å². The van der Waals surface area contributed by atoms with Crippen LogP contribution < -0.4 is 11.1 Å². The normalized spacial score (nSPS) is 10.8. The molecule has 2 aromatic rings. The predicted octanol–water partition coefficient (Wildman–Crippen LogP) is 1.84. The van der Waals surface area contributed by atoms with Crippen LogP contribution in [0.5, 0.6) is 0 Å². The lowest BCUT2D eigenvalue weighted by molar-refractivity contribution is -0.121. The van der Waals surface area contributed by atoms with Crippen molar-refractivity contribution in [1.82, 2.24) is 14.9 Å². The van der Waals surface area contributed by atoms with Crippen molar-refractivity contribution in [3.8, 4) is 0 Å². The quantitative estimate of drug-likeness (QED) is 0.636. The summed E-state index contributed by atoms with van der Waals surface area (Å²) in [6, 6.07) is 5.63. The molecule has 0 aliphatic carbocycles. The largest absolute Gasteiger partial charge is 0.397 e. The fraction of sp³-hybridized carbons (Fsp3) is 0.429. The lowest BCUT2D eigenvalue weighted by Crippen LogP contribution is -2.28. The Balaban J connectivity index is 2.18. The van der Waals surface area contributed by atoms with Crippen molar-refractivity contribution < 1.29 is 4.79 Å². The molecular weight excluding hydrogens is 240 g/mol. The van der Waals surface area contributed by atoms with Crippen molar-refractivity contribution in [3.63, 3.8) is 0 Å². The van der Waals surface area contributed by atoms with E-state index in [1.54, 1.807) is 0 Å². The van der Waals surface area contributed by atoms with Crippen molar-refractivity contribution >= 4 is 22.6 Å². The molecule has 102 valence electrons. The van der Waals surface area contributed by atoms with E-state index in [1.165, 1.54) is 0 Å². The Bertz CT molecular complexity index is 588. The monoisotopic (exact) mass is 260 g/mol. The second kappa shape index (κ2) is 5.73. The number of aryl methyl sites for hydroxylation is 1. The fourth-order valence-electron chi connectivity index (χ4n) is 2.09. The van der Waals surface area contributed by atoms with Crippen LogP contribution in [0.2, 0.25) is 0 Å². The molecule has 0 saturated heterocycles. The number of anilines is 1. The Labute approximate surface area is 112 Å². The first-order chi connectivity index (χ1) is 9.13. The van der Waals surface area contributed by atoms with Gasteiger partial charge in [0.15, 0.2) is 0 Å². The molecule has 0 atom stereocenters. The van der Waals surface area contributed by atoms with Crippen LogP contribution in [-0.4, -0.2) is 22.0 Å². The number of amides is 1. The Morgan fingerprint density at radius 2 is 2.26 bits per heavy atom. The summed E-state index contributed by atoms with van der Waals surface area (Å²) in [5, 5.41) is 2.91. The average molecular weight is 260 g/mol. The van der Waals surface area contributed by atoms with Gasteiger partial charge in [-0.3, -0.25) is 4.79 Å². The molecule has 0 saturated carbocycles. The second-order valence-electron chi connectivity index (χ2n) is 4.66. The lowest BCUT2D eigenvalue weighted by Gasteiger charge is -2.08. The van der Waals surface area contributed by atoms with Gasteiger partial charge in [0, 0.05) is 6.54 Å². The number of fused-ring (bicyclic) bond motifs is 1. The number of unbranched alkanes of at least 4 members (excludes halogenated alkanes) is 1. The molecular formula is C14H20N4O. The van der Waals surface area contributed by atoms with E-state index >= 15 is 0 Å². The number of imidazole rings is 1. The second-order valence-corrected chi connectivity index (χ2v) is 4.66.